The summed E-state index contributed by atoms with van der Waals surface area (Å²) in [6.07, 6.45) is 3.89. The van der Waals surface area contributed by atoms with E-state index in [-0.39, 0.29) is 22.9 Å². The number of pyridine rings is 1. The van der Waals surface area contributed by atoms with Gasteiger partial charge in [0.15, 0.2) is 0 Å². The number of carbonyl (C=O) groups excluding carboxylic acids is 1. The van der Waals surface area contributed by atoms with Crippen LogP contribution in [0.25, 0.3) is 11.3 Å². The van der Waals surface area contributed by atoms with Gasteiger partial charge >= 0.3 is 5.57 Å². The van der Waals surface area contributed by atoms with Crippen LogP contribution in [0.3, 0.4) is 0 Å². The van der Waals surface area contributed by atoms with Crippen molar-refractivity contribution in [3.8, 4) is 17.0 Å². The zero-order valence-electron chi connectivity index (χ0n) is 17.8. The molecule has 1 aromatic carbocycles. The molecule has 4 rings (SSSR count). The highest BCUT2D eigenvalue weighted by Crippen LogP contribution is 2.33. The van der Waals surface area contributed by atoms with E-state index in [9.17, 15) is 18.4 Å². The predicted octanol–water partition coefficient (Wildman–Crippen LogP) is 3.86. The Balaban J connectivity index is 1.62. The molecular formula is C22H20ClF2N5O3. The summed E-state index contributed by atoms with van der Waals surface area (Å²) in [5.41, 5.74) is -2.47. The molecule has 172 valence electrons. The number of halogens is 3. The fourth-order valence-corrected chi connectivity index (χ4v) is 3.47. The molecule has 1 aliphatic rings. The third-order valence-corrected chi connectivity index (χ3v) is 5.40. The Morgan fingerprint density at radius 3 is 2.55 bits per heavy atom. The average Bonchev–Trinajstić information content (AvgIpc) is 2.75. The molecule has 1 amide bonds. The average molecular weight is 476 g/mol. The Labute approximate surface area is 192 Å². The first-order valence-electron chi connectivity index (χ1n) is 10.1. The van der Waals surface area contributed by atoms with E-state index >= 15 is 0 Å². The topological polar surface area (TPSA) is 89.4 Å². The summed E-state index contributed by atoms with van der Waals surface area (Å²) in [7, 11) is 1.60. The van der Waals surface area contributed by atoms with Crippen molar-refractivity contribution in [1.29, 1.82) is 0 Å². The molecule has 8 nitrogen and oxygen atoms in total. The fraction of sp³-hybridized carbons (Fsp3) is 0.273. The Kier molecular flexibility index (Phi) is 6.03. The first kappa shape index (κ1) is 22.7. The molecule has 1 fully saturated rings. The number of anilines is 2. The minimum Gasteiger partial charge on any atom is -0.420 e. The molecule has 1 aliphatic heterocycles. The zero-order valence-corrected chi connectivity index (χ0v) is 18.5. The van der Waals surface area contributed by atoms with Gasteiger partial charge in [-0.3, -0.25) is 9.59 Å². The highest BCUT2D eigenvalue weighted by molar-refractivity contribution is 6.20. The molecule has 1 unspecified atom stereocenters. The SMILES string of the molecule is CC1CCN1c1ncc(C(=O)Nc2ccc(OC(F)(F)Cl)cc2)cc1-c1cc(=O)n(C)cn1. The van der Waals surface area contributed by atoms with Crippen molar-refractivity contribution in [1.82, 2.24) is 14.5 Å². The van der Waals surface area contributed by atoms with Crippen LogP contribution in [-0.4, -0.2) is 38.6 Å². The molecule has 33 heavy (non-hydrogen) atoms. The third kappa shape index (κ3) is 5.11. The van der Waals surface area contributed by atoms with E-state index in [4.69, 9.17) is 11.6 Å². The molecular weight excluding hydrogens is 456 g/mol. The van der Waals surface area contributed by atoms with Gasteiger partial charge < -0.3 is 19.5 Å². The number of aromatic nitrogens is 3. The first-order valence-corrected chi connectivity index (χ1v) is 10.5. The van der Waals surface area contributed by atoms with Crippen LogP contribution in [0.4, 0.5) is 20.3 Å². The molecule has 0 radical (unpaired) electrons. The molecule has 2 aromatic heterocycles. The molecule has 3 aromatic rings. The monoisotopic (exact) mass is 475 g/mol. The van der Waals surface area contributed by atoms with E-state index in [0.29, 0.717) is 22.8 Å². The Bertz CT molecular complexity index is 1240. The number of alkyl halides is 3. The van der Waals surface area contributed by atoms with Crippen molar-refractivity contribution in [3.63, 3.8) is 0 Å². The van der Waals surface area contributed by atoms with Crippen molar-refractivity contribution < 1.29 is 18.3 Å². The minimum atomic E-state index is -3.82. The lowest BCUT2D eigenvalue weighted by molar-refractivity contribution is -0.0964. The molecule has 1 saturated heterocycles. The number of carbonyl (C=O) groups is 1. The number of rotatable bonds is 6. The third-order valence-electron chi connectivity index (χ3n) is 5.32. The Hall–Kier alpha value is -3.53. The lowest BCUT2D eigenvalue weighted by Crippen LogP contribution is -2.46. The van der Waals surface area contributed by atoms with Gasteiger partial charge in [-0.25, -0.2) is 9.97 Å². The highest BCUT2D eigenvalue weighted by Gasteiger charge is 2.29. The van der Waals surface area contributed by atoms with Crippen molar-refractivity contribution in [2.45, 2.75) is 25.0 Å². The maximum absolute atomic E-state index is 12.8. The van der Waals surface area contributed by atoms with Crippen LogP contribution in [0.2, 0.25) is 0 Å². The number of nitrogens with zero attached hydrogens (tertiary/aromatic N) is 4. The second kappa shape index (κ2) is 8.78. The summed E-state index contributed by atoms with van der Waals surface area (Å²) in [4.78, 5) is 35.9. The predicted molar refractivity (Wildman–Crippen MR) is 120 cm³/mol. The van der Waals surface area contributed by atoms with Crippen molar-refractivity contribution in [2.75, 3.05) is 16.8 Å². The van der Waals surface area contributed by atoms with E-state index in [0.717, 1.165) is 13.0 Å². The first-order chi connectivity index (χ1) is 15.6. The second-order valence-electron chi connectivity index (χ2n) is 7.68. The Morgan fingerprint density at radius 1 is 1.24 bits per heavy atom. The summed E-state index contributed by atoms with van der Waals surface area (Å²) in [5.74, 6) is 0.0309. The smallest absolute Gasteiger partial charge is 0.420 e. The number of ether oxygens (including phenoxy) is 1. The fourth-order valence-electron chi connectivity index (χ4n) is 3.38. The normalized spacial score (nSPS) is 15.7. The molecule has 11 heteroatoms. The van der Waals surface area contributed by atoms with Gasteiger partial charge in [0.1, 0.15) is 11.6 Å². The molecule has 3 heterocycles. The number of aryl methyl sites for hydroxylation is 1. The van der Waals surface area contributed by atoms with Crippen molar-refractivity contribution >= 4 is 29.0 Å². The molecule has 1 atom stereocenters. The summed E-state index contributed by atoms with van der Waals surface area (Å²) in [5, 5.41) is 2.68. The van der Waals surface area contributed by atoms with Crippen molar-refractivity contribution in [2.24, 2.45) is 7.05 Å². The van der Waals surface area contributed by atoms with Gasteiger partial charge in [0.2, 0.25) is 0 Å². The number of hydrogen-bond acceptors (Lipinski definition) is 6. The number of hydrogen-bond donors (Lipinski definition) is 1. The van der Waals surface area contributed by atoms with Crippen LogP contribution in [0.15, 0.2) is 53.7 Å². The Morgan fingerprint density at radius 2 is 1.97 bits per heavy atom. The van der Waals surface area contributed by atoms with Crippen molar-refractivity contribution in [3.05, 3.63) is 64.8 Å². The number of benzene rings is 1. The molecule has 0 aliphatic carbocycles. The molecule has 1 N–H and O–H groups in total. The summed E-state index contributed by atoms with van der Waals surface area (Å²) in [6.45, 7) is 2.88. The van der Waals surface area contributed by atoms with Gasteiger partial charge in [-0.2, -0.15) is 0 Å². The minimum absolute atomic E-state index is 0.151. The van der Waals surface area contributed by atoms with Crippen LogP contribution >= 0.6 is 11.6 Å². The standard InChI is InChI=1S/C22H20ClF2N5O3/c1-13-7-8-30(13)20-17(18-10-19(31)29(2)12-27-18)9-14(11-26-20)21(32)28-15-3-5-16(6-4-15)33-22(23,24)25/h3-6,9-13H,7-8H2,1-2H3,(H,28,32). The maximum Gasteiger partial charge on any atom is 0.487 e. The zero-order chi connectivity index (χ0) is 23.8. The highest BCUT2D eigenvalue weighted by atomic mass is 35.5. The van der Waals surface area contributed by atoms with E-state index in [1.165, 1.54) is 47.4 Å². The number of nitrogens with one attached hydrogen (secondary N) is 1. The van der Waals surface area contributed by atoms with Crippen LogP contribution in [0, 0.1) is 0 Å². The van der Waals surface area contributed by atoms with Crippen LogP contribution in [0.1, 0.15) is 23.7 Å². The summed E-state index contributed by atoms with van der Waals surface area (Å²) in [6, 6.07) is 8.64. The number of amides is 1. The molecule has 0 saturated carbocycles. The molecule has 0 bridgehead atoms. The van der Waals surface area contributed by atoms with Gasteiger partial charge in [0.05, 0.1) is 17.6 Å². The van der Waals surface area contributed by atoms with E-state index < -0.39 is 11.5 Å². The van der Waals surface area contributed by atoms with Gasteiger partial charge in [0.25, 0.3) is 11.5 Å². The second-order valence-corrected chi connectivity index (χ2v) is 8.12. The molecule has 0 spiro atoms. The van der Waals surface area contributed by atoms with E-state index in [1.807, 2.05) is 0 Å². The quantitative estimate of drug-likeness (QED) is 0.544. The summed E-state index contributed by atoms with van der Waals surface area (Å²) < 4.78 is 31.1. The van der Waals surface area contributed by atoms with Gasteiger partial charge in [0, 0.05) is 54.7 Å². The van der Waals surface area contributed by atoms with E-state index in [2.05, 4.69) is 31.8 Å². The van der Waals surface area contributed by atoms with Crippen LogP contribution in [0.5, 0.6) is 5.75 Å². The van der Waals surface area contributed by atoms with Crippen LogP contribution < -0.4 is 20.5 Å². The lowest BCUT2D eigenvalue weighted by Gasteiger charge is -2.40. The largest absolute Gasteiger partial charge is 0.487 e. The van der Waals surface area contributed by atoms with E-state index in [1.54, 1.807) is 13.1 Å². The summed E-state index contributed by atoms with van der Waals surface area (Å²) >= 11 is 4.75. The van der Waals surface area contributed by atoms with Gasteiger partial charge in [-0.05, 0) is 43.7 Å². The van der Waals surface area contributed by atoms with Gasteiger partial charge in [-0.1, -0.05) is 0 Å². The van der Waals surface area contributed by atoms with Gasteiger partial charge in [-0.15, -0.1) is 8.78 Å². The lowest BCUT2D eigenvalue weighted by atomic mass is 10.0. The maximum atomic E-state index is 12.8. The van der Waals surface area contributed by atoms with Crippen LogP contribution in [-0.2, 0) is 7.05 Å².